The van der Waals surface area contributed by atoms with Crippen LogP contribution in [0.4, 0.5) is 11.6 Å². The molecule has 9 heteroatoms. The van der Waals surface area contributed by atoms with Crippen molar-refractivity contribution in [1.82, 2.24) is 19.5 Å². The number of rotatable bonds is 5. The highest BCUT2D eigenvalue weighted by Gasteiger charge is 2.16. The van der Waals surface area contributed by atoms with E-state index in [0.29, 0.717) is 33.1 Å². The fraction of sp³-hybridized carbons (Fsp3) is 0.190. The Hall–Kier alpha value is -3.03. The lowest BCUT2D eigenvalue weighted by Crippen LogP contribution is -2.03. The second-order valence-corrected chi connectivity index (χ2v) is 7.41. The number of halogens is 2. The Morgan fingerprint density at radius 3 is 2.17 bits per heavy atom. The normalized spacial score (nSPS) is 11.0. The minimum Gasteiger partial charge on any atom is -0.495 e. The van der Waals surface area contributed by atoms with E-state index in [9.17, 15) is 0 Å². The van der Waals surface area contributed by atoms with Gasteiger partial charge in [0.15, 0.2) is 5.65 Å². The molecule has 0 aliphatic heterocycles. The van der Waals surface area contributed by atoms with Crippen LogP contribution in [0.15, 0.2) is 36.4 Å². The number of aryl methyl sites for hydroxylation is 2. The Labute approximate surface area is 183 Å². The van der Waals surface area contributed by atoms with Crippen molar-refractivity contribution in [2.75, 3.05) is 19.5 Å². The molecule has 0 aliphatic carbocycles. The molecule has 1 N–H and O–H groups in total. The monoisotopic (exact) mass is 443 g/mol. The van der Waals surface area contributed by atoms with Gasteiger partial charge >= 0.3 is 0 Å². The summed E-state index contributed by atoms with van der Waals surface area (Å²) in [6.07, 6.45) is 0. The van der Waals surface area contributed by atoms with Crippen molar-refractivity contribution in [3.63, 3.8) is 0 Å². The summed E-state index contributed by atoms with van der Waals surface area (Å²) in [5, 5.41) is 4.20. The summed E-state index contributed by atoms with van der Waals surface area (Å²) >= 11 is 12.6. The first-order valence-electron chi connectivity index (χ1n) is 9.09. The van der Waals surface area contributed by atoms with Crippen molar-refractivity contribution in [2.45, 2.75) is 13.8 Å². The van der Waals surface area contributed by atoms with E-state index in [1.165, 1.54) is 0 Å². The fourth-order valence-corrected chi connectivity index (χ4v) is 3.75. The summed E-state index contributed by atoms with van der Waals surface area (Å²) in [5.41, 5.74) is 3.72. The molecule has 2 heterocycles. The molecule has 0 aliphatic rings. The van der Waals surface area contributed by atoms with Crippen molar-refractivity contribution < 1.29 is 9.47 Å². The first-order valence-corrected chi connectivity index (χ1v) is 9.85. The van der Waals surface area contributed by atoms with Crippen LogP contribution in [0.2, 0.25) is 10.0 Å². The first-order chi connectivity index (χ1) is 14.4. The Morgan fingerprint density at radius 2 is 1.53 bits per heavy atom. The van der Waals surface area contributed by atoms with Crippen molar-refractivity contribution in [3.05, 3.63) is 58.0 Å². The molecule has 30 heavy (non-hydrogen) atoms. The van der Waals surface area contributed by atoms with E-state index < -0.39 is 0 Å². The maximum absolute atomic E-state index is 6.33. The third kappa shape index (κ3) is 3.62. The van der Waals surface area contributed by atoms with Gasteiger partial charge in [-0.3, -0.25) is 4.57 Å². The van der Waals surface area contributed by atoms with Crippen LogP contribution >= 0.6 is 23.2 Å². The predicted octanol–water partition coefficient (Wildman–Crippen LogP) is 5.50. The Morgan fingerprint density at radius 1 is 0.867 bits per heavy atom. The number of anilines is 2. The highest BCUT2D eigenvalue weighted by molar-refractivity contribution is 6.32. The standard InChI is InChI=1S/C21H19Cl2N5O2/c1-11-19-20(27-21(24-11)26-13-5-7-17(29-3)15(22)9-13)28(12(2)25-19)14-6-8-18(30-4)16(23)10-14/h5-10H,1-4H3,(H,24,26,27). The van der Waals surface area contributed by atoms with Crippen molar-refractivity contribution >= 4 is 46.0 Å². The van der Waals surface area contributed by atoms with Gasteiger partial charge in [-0.2, -0.15) is 4.98 Å². The van der Waals surface area contributed by atoms with Crippen LogP contribution in [0, 0.1) is 13.8 Å². The van der Waals surface area contributed by atoms with Crippen molar-refractivity contribution in [3.8, 4) is 17.2 Å². The minimum atomic E-state index is 0.432. The zero-order valence-corrected chi connectivity index (χ0v) is 18.3. The van der Waals surface area contributed by atoms with Gasteiger partial charge in [-0.15, -0.1) is 0 Å². The largest absolute Gasteiger partial charge is 0.495 e. The van der Waals surface area contributed by atoms with E-state index in [2.05, 4.69) is 15.3 Å². The molecule has 0 unspecified atom stereocenters. The molecule has 0 saturated heterocycles. The molecule has 4 aromatic rings. The highest BCUT2D eigenvalue weighted by atomic mass is 35.5. The second kappa shape index (κ2) is 8.01. The molecule has 0 saturated carbocycles. The summed E-state index contributed by atoms with van der Waals surface area (Å²) in [6, 6.07) is 10.9. The van der Waals surface area contributed by atoms with Gasteiger partial charge in [0.05, 0.1) is 35.6 Å². The van der Waals surface area contributed by atoms with Gasteiger partial charge < -0.3 is 14.8 Å². The highest BCUT2D eigenvalue weighted by Crippen LogP contribution is 2.31. The average Bonchev–Trinajstić information content (AvgIpc) is 3.04. The summed E-state index contributed by atoms with van der Waals surface area (Å²) in [6.45, 7) is 3.81. The maximum atomic E-state index is 6.33. The van der Waals surface area contributed by atoms with Gasteiger partial charge in [-0.05, 0) is 50.2 Å². The van der Waals surface area contributed by atoms with E-state index in [1.807, 2.05) is 42.7 Å². The van der Waals surface area contributed by atoms with Gasteiger partial charge in [0.25, 0.3) is 0 Å². The second-order valence-electron chi connectivity index (χ2n) is 6.59. The van der Waals surface area contributed by atoms with Crippen LogP contribution in [-0.4, -0.2) is 33.7 Å². The Balaban J connectivity index is 1.80. The van der Waals surface area contributed by atoms with Crippen LogP contribution in [0.1, 0.15) is 11.5 Å². The molecule has 0 amide bonds. The predicted molar refractivity (Wildman–Crippen MR) is 119 cm³/mol. The molecule has 154 valence electrons. The van der Waals surface area contributed by atoms with Crippen LogP contribution in [-0.2, 0) is 0 Å². The van der Waals surface area contributed by atoms with Gasteiger partial charge in [0.2, 0.25) is 5.95 Å². The zero-order chi connectivity index (χ0) is 21.4. The van der Waals surface area contributed by atoms with Gasteiger partial charge in [0, 0.05) is 5.69 Å². The minimum absolute atomic E-state index is 0.432. The van der Waals surface area contributed by atoms with Crippen molar-refractivity contribution in [2.24, 2.45) is 0 Å². The number of nitrogens with one attached hydrogen (secondary N) is 1. The van der Waals surface area contributed by atoms with E-state index in [-0.39, 0.29) is 0 Å². The number of fused-ring (bicyclic) bond motifs is 1. The molecule has 0 spiro atoms. The molecule has 7 nitrogen and oxygen atoms in total. The van der Waals surface area contributed by atoms with Crippen LogP contribution in [0.5, 0.6) is 11.5 Å². The number of ether oxygens (including phenoxy) is 2. The lowest BCUT2D eigenvalue weighted by atomic mass is 10.3. The van der Waals surface area contributed by atoms with E-state index in [0.717, 1.165) is 28.4 Å². The molecular weight excluding hydrogens is 425 g/mol. The number of imidazole rings is 1. The zero-order valence-electron chi connectivity index (χ0n) is 16.8. The Bertz CT molecular complexity index is 1260. The van der Waals surface area contributed by atoms with Gasteiger partial charge in [-0.25, -0.2) is 9.97 Å². The lowest BCUT2D eigenvalue weighted by molar-refractivity contribution is 0.415. The van der Waals surface area contributed by atoms with E-state index in [1.54, 1.807) is 26.4 Å². The molecule has 2 aromatic carbocycles. The molecular formula is C21H19Cl2N5O2. The molecule has 0 bridgehead atoms. The number of methoxy groups -OCH3 is 2. The summed E-state index contributed by atoms with van der Waals surface area (Å²) < 4.78 is 12.4. The fourth-order valence-electron chi connectivity index (χ4n) is 3.24. The summed E-state index contributed by atoms with van der Waals surface area (Å²) in [5.74, 6) is 2.40. The Kier molecular flexibility index (Phi) is 5.40. The number of aromatic nitrogens is 4. The van der Waals surface area contributed by atoms with Gasteiger partial charge in [0.1, 0.15) is 22.8 Å². The quantitative estimate of drug-likeness (QED) is 0.438. The molecule has 0 radical (unpaired) electrons. The third-order valence-corrected chi connectivity index (χ3v) is 5.24. The number of hydrogen-bond acceptors (Lipinski definition) is 6. The third-order valence-electron chi connectivity index (χ3n) is 4.65. The maximum Gasteiger partial charge on any atom is 0.229 e. The molecule has 0 atom stereocenters. The van der Waals surface area contributed by atoms with E-state index >= 15 is 0 Å². The first kappa shape index (κ1) is 20.3. The topological polar surface area (TPSA) is 74.1 Å². The summed E-state index contributed by atoms with van der Waals surface area (Å²) in [7, 11) is 3.16. The molecule has 4 rings (SSSR count). The smallest absolute Gasteiger partial charge is 0.229 e. The molecule has 0 fully saturated rings. The van der Waals surface area contributed by atoms with Crippen LogP contribution in [0.3, 0.4) is 0 Å². The number of benzene rings is 2. The van der Waals surface area contributed by atoms with Gasteiger partial charge in [-0.1, -0.05) is 23.2 Å². The van der Waals surface area contributed by atoms with Crippen molar-refractivity contribution in [1.29, 1.82) is 0 Å². The number of nitrogens with zero attached hydrogens (tertiary/aromatic N) is 4. The number of hydrogen-bond donors (Lipinski definition) is 1. The molecule has 2 aromatic heterocycles. The lowest BCUT2D eigenvalue weighted by Gasteiger charge is -2.11. The van der Waals surface area contributed by atoms with Crippen LogP contribution in [0.25, 0.3) is 16.9 Å². The van der Waals surface area contributed by atoms with E-state index in [4.69, 9.17) is 37.7 Å². The van der Waals surface area contributed by atoms with Crippen LogP contribution < -0.4 is 14.8 Å². The average molecular weight is 444 g/mol. The summed E-state index contributed by atoms with van der Waals surface area (Å²) in [4.78, 5) is 13.9. The SMILES string of the molecule is COc1ccc(Nc2nc(C)c3nc(C)n(-c4ccc(OC)c(Cl)c4)c3n2)cc1Cl.